The predicted molar refractivity (Wildman–Crippen MR) is 94.0 cm³/mol. The minimum absolute atomic E-state index is 0.0284. The number of urea groups is 1. The van der Waals surface area contributed by atoms with E-state index >= 15 is 0 Å². The van der Waals surface area contributed by atoms with Crippen molar-refractivity contribution in [1.82, 2.24) is 15.1 Å². The SMILES string of the molecule is CCNC(=O)N1CCN(C(=O)Cc2ccc3c(c2)CCCC3)CC1. The third kappa shape index (κ3) is 3.89. The first-order valence-corrected chi connectivity index (χ1v) is 9.08. The molecule has 1 saturated heterocycles. The average Bonchev–Trinajstić information content (AvgIpc) is 2.62. The molecule has 0 aromatic heterocycles. The zero-order valence-corrected chi connectivity index (χ0v) is 14.5. The smallest absolute Gasteiger partial charge is 0.317 e. The molecule has 5 nitrogen and oxygen atoms in total. The number of fused-ring (bicyclic) bond motifs is 1. The lowest BCUT2D eigenvalue weighted by atomic mass is 9.90. The summed E-state index contributed by atoms with van der Waals surface area (Å²) in [4.78, 5) is 28.0. The molecule has 130 valence electrons. The first-order valence-electron chi connectivity index (χ1n) is 9.08. The highest BCUT2D eigenvalue weighted by Crippen LogP contribution is 2.22. The number of carbonyl (C=O) groups is 2. The minimum atomic E-state index is -0.0284. The zero-order valence-electron chi connectivity index (χ0n) is 14.5. The van der Waals surface area contributed by atoms with Crippen LogP contribution in [0.4, 0.5) is 4.79 Å². The molecule has 3 amide bonds. The maximum atomic E-state index is 12.5. The van der Waals surface area contributed by atoms with Crippen molar-refractivity contribution in [2.24, 2.45) is 0 Å². The van der Waals surface area contributed by atoms with Gasteiger partial charge in [-0.05, 0) is 49.3 Å². The van der Waals surface area contributed by atoms with Crippen molar-refractivity contribution in [2.75, 3.05) is 32.7 Å². The Hall–Kier alpha value is -2.04. The summed E-state index contributed by atoms with van der Waals surface area (Å²) in [5, 5.41) is 2.81. The molecule has 0 radical (unpaired) electrons. The molecule has 1 aliphatic carbocycles. The number of hydrogen-bond donors (Lipinski definition) is 1. The van der Waals surface area contributed by atoms with Crippen LogP contribution in [0.2, 0.25) is 0 Å². The molecule has 1 aromatic carbocycles. The third-order valence-corrected chi connectivity index (χ3v) is 5.02. The molecular weight excluding hydrogens is 302 g/mol. The molecule has 1 aliphatic heterocycles. The fourth-order valence-corrected chi connectivity index (χ4v) is 3.61. The van der Waals surface area contributed by atoms with E-state index in [1.165, 1.54) is 30.4 Å². The summed E-state index contributed by atoms with van der Waals surface area (Å²) in [6.07, 6.45) is 5.32. The van der Waals surface area contributed by atoms with Crippen LogP contribution in [0.15, 0.2) is 18.2 Å². The van der Waals surface area contributed by atoms with E-state index in [1.54, 1.807) is 4.90 Å². The lowest BCUT2D eigenvalue weighted by Crippen LogP contribution is -2.53. The van der Waals surface area contributed by atoms with E-state index in [9.17, 15) is 9.59 Å². The maximum Gasteiger partial charge on any atom is 0.317 e. The third-order valence-electron chi connectivity index (χ3n) is 5.02. The summed E-state index contributed by atoms with van der Waals surface area (Å²) in [6, 6.07) is 6.49. The Morgan fingerprint density at radius 1 is 1.00 bits per heavy atom. The number of aryl methyl sites for hydroxylation is 2. The van der Waals surface area contributed by atoms with Crippen LogP contribution in [0.3, 0.4) is 0 Å². The summed E-state index contributed by atoms with van der Waals surface area (Å²) >= 11 is 0. The number of amides is 3. The molecular formula is C19H27N3O2. The van der Waals surface area contributed by atoms with Crippen LogP contribution >= 0.6 is 0 Å². The van der Waals surface area contributed by atoms with E-state index < -0.39 is 0 Å². The fourth-order valence-electron chi connectivity index (χ4n) is 3.61. The second-order valence-electron chi connectivity index (χ2n) is 6.69. The van der Waals surface area contributed by atoms with Gasteiger partial charge in [0.2, 0.25) is 5.91 Å². The Bertz CT molecular complexity index is 607. The molecule has 1 heterocycles. The summed E-state index contributed by atoms with van der Waals surface area (Å²) in [5.41, 5.74) is 3.99. The summed E-state index contributed by atoms with van der Waals surface area (Å²) in [5.74, 6) is 0.168. The highest BCUT2D eigenvalue weighted by atomic mass is 16.2. The van der Waals surface area contributed by atoms with Gasteiger partial charge in [-0.15, -0.1) is 0 Å². The Balaban J connectivity index is 1.53. The highest BCUT2D eigenvalue weighted by Gasteiger charge is 2.24. The van der Waals surface area contributed by atoms with Crippen molar-refractivity contribution in [3.05, 3.63) is 34.9 Å². The predicted octanol–water partition coefficient (Wildman–Crippen LogP) is 1.98. The van der Waals surface area contributed by atoms with Crippen LogP contribution in [0, 0.1) is 0 Å². The molecule has 1 aromatic rings. The Morgan fingerprint density at radius 3 is 2.38 bits per heavy atom. The zero-order chi connectivity index (χ0) is 16.9. The molecule has 24 heavy (non-hydrogen) atoms. The van der Waals surface area contributed by atoms with Crippen LogP contribution in [0.5, 0.6) is 0 Å². The fraction of sp³-hybridized carbons (Fsp3) is 0.579. The van der Waals surface area contributed by atoms with E-state index in [2.05, 4.69) is 23.5 Å². The largest absolute Gasteiger partial charge is 0.339 e. The second-order valence-corrected chi connectivity index (χ2v) is 6.69. The van der Waals surface area contributed by atoms with Crippen molar-refractivity contribution in [3.8, 4) is 0 Å². The molecule has 0 bridgehead atoms. The van der Waals surface area contributed by atoms with Crippen molar-refractivity contribution in [2.45, 2.75) is 39.0 Å². The topological polar surface area (TPSA) is 52.7 Å². The van der Waals surface area contributed by atoms with Gasteiger partial charge in [0.05, 0.1) is 6.42 Å². The summed E-state index contributed by atoms with van der Waals surface area (Å²) in [6.45, 7) is 5.03. The monoisotopic (exact) mass is 329 g/mol. The van der Waals surface area contributed by atoms with Crippen molar-refractivity contribution < 1.29 is 9.59 Å². The second kappa shape index (κ2) is 7.69. The molecule has 1 fully saturated rings. The minimum Gasteiger partial charge on any atom is -0.339 e. The lowest BCUT2D eigenvalue weighted by molar-refractivity contribution is -0.131. The Labute approximate surface area is 144 Å². The van der Waals surface area contributed by atoms with Gasteiger partial charge in [-0.3, -0.25) is 4.79 Å². The van der Waals surface area contributed by atoms with Crippen LogP contribution in [-0.4, -0.2) is 54.5 Å². The van der Waals surface area contributed by atoms with Crippen molar-refractivity contribution in [1.29, 1.82) is 0 Å². The molecule has 3 rings (SSSR count). The van der Waals surface area contributed by atoms with Crippen molar-refractivity contribution in [3.63, 3.8) is 0 Å². The normalized spacial score (nSPS) is 17.4. The molecule has 1 N–H and O–H groups in total. The van der Waals surface area contributed by atoms with E-state index in [0.717, 1.165) is 12.0 Å². The highest BCUT2D eigenvalue weighted by molar-refractivity contribution is 5.79. The first kappa shape index (κ1) is 16.8. The molecule has 0 spiro atoms. The van der Waals surface area contributed by atoms with Crippen LogP contribution in [-0.2, 0) is 24.1 Å². The maximum absolute atomic E-state index is 12.5. The number of nitrogens with zero attached hydrogens (tertiary/aromatic N) is 2. The van der Waals surface area contributed by atoms with Gasteiger partial charge < -0.3 is 15.1 Å². The van der Waals surface area contributed by atoms with Gasteiger partial charge in [-0.1, -0.05) is 18.2 Å². The number of benzene rings is 1. The molecule has 0 atom stereocenters. The number of rotatable bonds is 3. The summed E-state index contributed by atoms with van der Waals surface area (Å²) < 4.78 is 0. The van der Waals surface area contributed by atoms with E-state index in [1.807, 2.05) is 11.8 Å². The first-order chi connectivity index (χ1) is 11.7. The van der Waals surface area contributed by atoms with E-state index in [4.69, 9.17) is 0 Å². The van der Waals surface area contributed by atoms with Gasteiger partial charge in [0.15, 0.2) is 0 Å². The molecule has 5 heteroatoms. The van der Waals surface area contributed by atoms with Gasteiger partial charge in [0.25, 0.3) is 0 Å². The quantitative estimate of drug-likeness (QED) is 0.922. The van der Waals surface area contributed by atoms with Gasteiger partial charge in [0.1, 0.15) is 0 Å². The molecule has 2 aliphatic rings. The van der Waals surface area contributed by atoms with Crippen LogP contribution < -0.4 is 5.32 Å². The Kier molecular flexibility index (Phi) is 5.38. The van der Waals surface area contributed by atoms with E-state index in [-0.39, 0.29) is 11.9 Å². The lowest BCUT2D eigenvalue weighted by Gasteiger charge is -2.34. The number of piperazine rings is 1. The number of nitrogens with one attached hydrogen (secondary N) is 1. The van der Waals surface area contributed by atoms with Crippen LogP contribution in [0.1, 0.15) is 36.5 Å². The summed E-state index contributed by atoms with van der Waals surface area (Å²) in [7, 11) is 0. The number of hydrogen-bond acceptors (Lipinski definition) is 2. The molecule has 0 saturated carbocycles. The standard InChI is InChI=1S/C19H27N3O2/c1-2-20-19(24)22-11-9-21(10-12-22)18(23)14-15-7-8-16-5-3-4-6-17(16)13-15/h7-8,13H,2-6,9-12,14H2,1H3,(H,20,24). The van der Waals surface area contributed by atoms with Crippen LogP contribution in [0.25, 0.3) is 0 Å². The van der Waals surface area contributed by atoms with Gasteiger partial charge in [-0.2, -0.15) is 0 Å². The van der Waals surface area contributed by atoms with E-state index in [0.29, 0.717) is 39.1 Å². The van der Waals surface area contributed by atoms with Crippen molar-refractivity contribution >= 4 is 11.9 Å². The average molecular weight is 329 g/mol. The number of carbonyl (C=O) groups excluding carboxylic acids is 2. The molecule has 0 unspecified atom stereocenters. The Morgan fingerprint density at radius 2 is 1.67 bits per heavy atom. The van der Waals surface area contributed by atoms with Gasteiger partial charge in [-0.25, -0.2) is 4.79 Å². The van der Waals surface area contributed by atoms with Gasteiger partial charge in [0, 0.05) is 32.7 Å². The van der Waals surface area contributed by atoms with Gasteiger partial charge >= 0.3 is 6.03 Å².